The van der Waals surface area contributed by atoms with Gasteiger partial charge in [-0.15, -0.1) is 0 Å². The minimum atomic E-state index is -0.993. The van der Waals surface area contributed by atoms with Crippen LogP contribution in [0, 0.1) is 0 Å². The number of carbonyl (C=O) groups is 2. The van der Waals surface area contributed by atoms with Gasteiger partial charge in [-0.05, 0) is 32.4 Å². The molecule has 1 unspecified atom stereocenters. The van der Waals surface area contributed by atoms with Gasteiger partial charge in [0, 0.05) is 12.2 Å². The zero-order valence-corrected chi connectivity index (χ0v) is 9.78. The van der Waals surface area contributed by atoms with Crippen LogP contribution in [0.2, 0.25) is 0 Å². The van der Waals surface area contributed by atoms with Gasteiger partial charge in [0.2, 0.25) is 5.91 Å². The van der Waals surface area contributed by atoms with E-state index >= 15 is 0 Å². The van der Waals surface area contributed by atoms with Crippen LogP contribution in [0.1, 0.15) is 26.3 Å². The fraction of sp³-hybridized carbons (Fsp3) is 0.385. The molecule has 84 valence electrons. The molecule has 1 aliphatic rings. The van der Waals surface area contributed by atoms with Crippen molar-refractivity contribution < 1.29 is 9.59 Å². The largest absolute Gasteiger partial charge is 0.311 e. The Morgan fingerprint density at radius 2 is 2.00 bits per heavy atom. The Morgan fingerprint density at radius 3 is 2.56 bits per heavy atom. The fourth-order valence-corrected chi connectivity index (χ4v) is 2.28. The van der Waals surface area contributed by atoms with Crippen LogP contribution in [-0.2, 0) is 15.0 Å². The number of fused-ring (bicyclic) bond motifs is 1. The van der Waals surface area contributed by atoms with Crippen molar-refractivity contribution in [3.8, 4) is 0 Å². The molecule has 1 amide bonds. The highest BCUT2D eigenvalue weighted by Crippen LogP contribution is 2.41. The molecular formula is C13H15NO2. The zero-order valence-electron chi connectivity index (χ0n) is 9.78. The van der Waals surface area contributed by atoms with E-state index in [0.29, 0.717) is 6.54 Å². The van der Waals surface area contributed by atoms with Crippen LogP contribution >= 0.6 is 0 Å². The van der Waals surface area contributed by atoms with Crippen molar-refractivity contribution in [1.82, 2.24) is 0 Å². The monoisotopic (exact) mass is 217 g/mol. The van der Waals surface area contributed by atoms with E-state index in [1.54, 1.807) is 11.8 Å². The minimum Gasteiger partial charge on any atom is -0.311 e. The third-order valence-corrected chi connectivity index (χ3v) is 3.43. The number of hydrogen-bond acceptors (Lipinski definition) is 2. The third-order valence-electron chi connectivity index (χ3n) is 3.43. The van der Waals surface area contributed by atoms with Gasteiger partial charge in [-0.25, -0.2) is 0 Å². The Labute approximate surface area is 95.1 Å². The van der Waals surface area contributed by atoms with Crippen LogP contribution in [0.15, 0.2) is 24.3 Å². The molecule has 3 nitrogen and oxygen atoms in total. The predicted molar refractivity (Wildman–Crippen MR) is 62.5 cm³/mol. The van der Waals surface area contributed by atoms with Gasteiger partial charge in [-0.2, -0.15) is 0 Å². The number of para-hydroxylation sites is 1. The molecule has 0 aromatic heterocycles. The second kappa shape index (κ2) is 3.44. The number of anilines is 1. The van der Waals surface area contributed by atoms with Crippen molar-refractivity contribution in [3.63, 3.8) is 0 Å². The van der Waals surface area contributed by atoms with Gasteiger partial charge in [0.1, 0.15) is 11.2 Å². The van der Waals surface area contributed by atoms with Gasteiger partial charge >= 0.3 is 0 Å². The molecule has 0 saturated carbocycles. The number of benzene rings is 1. The van der Waals surface area contributed by atoms with Gasteiger partial charge < -0.3 is 4.90 Å². The molecule has 1 heterocycles. The fourth-order valence-electron chi connectivity index (χ4n) is 2.28. The van der Waals surface area contributed by atoms with Crippen molar-refractivity contribution in [2.75, 3.05) is 11.4 Å². The maximum Gasteiger partial charge on any atom is 0.244 e. The number of rotatable bonds is 2. The van der Waals surface area contributed by atoms with Crippen molar-refractivity contribution in [1.29, 1.82) is 0 Å². The van der Waals surface area contributed by atoms with E-state index in [-0.39, 0.29) is 11.7 Å². The summed E-state index contributed by atoms with van der Waals surface area (Å²) in [4.78, 5) is 25.7. The van der Waals surface area contributed by atoms with Crippen molar-refractivity contribution in [3.05, 3.63) is 29.8 Å². The minimum absolute atomic E-state index is 0.0964. The molecule has 0 radical (unpaired) electrons. The summed E-state index contributed by atoms with van der Waals surface area (Å²) in [5, 5.41) is 0. The second-order valence-electron chi connectivity index (χ2n) is 4.25. The Morgan fingerprint density at radius 1 is 1.38 bits per heavy atom. The Balaban J connectivity index is 2.68. The first-order valence-electron chi connectivity index (χ1n) is 5.46. The molecule has 2 rings (SSSR count). The number of carbonyl (C=O) groups excluding carboxylic acids is 2. The molecule has 16 heavy (non-hydrogen) atoms. The molecule has 1 atom stereocenters. The van der Waals surface area contributed by atoms with Crippen LogP contribution in [0.25, 0.3) is 0 Å². The van der Waals surface area contributed by atoms with E-state index in [1.807, 2.05) is 31.2 Å². The number of Topliss-reactive ketones (excluding diaryl/α,β-unsaturated/α-hetero) is 1. The molecule has 0 fully saturated rings. The Bertz CT molecular complexity index is 467. The normalized spacial score (nSPS) is 23.4. The van der Waals surface area contributed by atoms with E-state index < -0.39 is 5.41 Å². The lowest BCUT2D eigenvalue weighted by Gasteiger charge is -2.20. The van der Waals surface area contributed by atoms with Gasteiger partial charge in [0.05, 0.1) is 0 Å². The lowest BCUT2D eigenvalue weighted by molar-refractivity contribution is -0.132. The highest BCUT2D eigenvalue weighted by Gasteiger charge is 2.50. The standard InChI is InChI=1S/C13H15NO2/c1-4-14-11-8-6-5-7-10(11)13(3,9(2)15)12(14)16/h5-8H,4H2,1-3H3. The van der Waals surface area contributed by atoms with E-state index in [4.69, 9.17) is 0 Å². The SMILES string of the molecule is CCN1C(=O)C(C)(C(C)=O)c2ccccc21. The van der Waals surface area contributed by atoms with Crippen LogP contribution in [0.4, 0.5) is 5.69 Å². The summed E-state index contributed by atoms with van der Waals surface area (Å²) in [5.41, 5.74) is 0.703. The topological polar surface area (TPSA) is 37.4 Å². The van der Waals surface area contributed by atoms with E-state index in [1.165, 1.54) is 6.92 Å². The van der Waals surface area contributed by atoms with Gasteiger partial charge in [-0.3, -0.25) is 9.59 Å². The number of amides is 1. The highest BCUT2D eigenvalue weighted by molar-refractivity contribution is 6.21. The van der Waals surface area contributed by atoms with Crippen molar-refractivity contribution >= 4 is 17.4 Å². The Kier molecular flexibility index (Phi) is 2.34. The summed E-state index contributed by atoms with van der Waals surface area (Å²) in [5.74, 6) is -0.204. The lowest BCUT2D eigenvalue weighted by Crippen LogP contribution is -2.42. The maximum atomic E-state index is 12.3. The maximum absolute atomic E-state index is 12.3. The van der Waals surface area contributed by atoms with Crippen molar-refractivity contribution in [2.24, 2.45) is 0 Å². The van der Waals surface area contributed by atoms with Crippen LogP contribution in [0.5, 0.6) is 0 Å². The molecule has 1 aromatic carbocycles. The molecule has 0 spiro atoms. The molecule has 3 heteroatoms. The molecule has 0 bridgehead atoms. The first kappa shape index (κ1) is 10.9. The molecule has 0 saturated heterocycles. The zero-order chi connectivity index (χ0) is 11.9. The highest BCUT2D eigenvalue weighted by atomic mass is 16.2. The molecule has 0 aliphatic carbocycles. The molecular weight excluding hydrogens is 202 g/mol. The summed E-state index contributed by atoms with van der Waals surface area (Å²) >= 11 is 0. The van der Waals surface area contributed by atoms with E-state index in [2.05, 4.69) is 0 Å². The lowest BCUT2D eigenvalue weighted by atomic mass is 9.80. The molecule has 0 N–H and O–H groups in total. The Hall–Kier alpha value is -1.64. The van der Waals surface area contributed by atoms with Gasteiger partial charge in [0.25, 0.3) is 0 Å². The summed E-state index contributed by atoms with van der Waals surface area (Å²) in [6, 6.07) is 7.52. The van der Waals surface area contributed by atoms with Crippen LogP contribution < -0.4 is 4.90 Å². The van der Waals surface area contributed by atoms with Crippen LogP contribution in [-0.4, -0.2) is 18.2 Å². The summed E-state index contributed by atoms with van der Waals surface area (Å²) in [6.45, 7) is 5.71. The van der Waals surface area contributed by atoms with E-state index in [9.17, 15) is 9.59 Å². The quantitative estimate of drug-likeness (QED) is 0.709. The number of hydrogen-bond donors (Lipinski definition) is 0. The second-order valence-corrected chi connectivity index (χ2v) is 4.25. The first-order chi connectivity index (χ1) is 7.53. The summed E-state index contributed by atoms with van der Waals surface area (Å²) in [7, 11) is 0. The summed E-state index contributed by atoms with van der Waals surface area (Å²) in [6.07, 6.45) is 0. The van der Waals surface area contributed by atoms with Gasteiger partial charge in [0.15, 0.2) is 0 Å². The predicted octanol–water partition coefficient (Wildman–Crippen LogP) is 1.90. The number of likely N-dealkylation sites (N-methyl/N-ethyl adjacent to an activating group) is 1. The number of ketones is 1. The van der Waals surface area contributed by atoms with E-state index in [0.717, 1.165) is 11.3 Å². The molecule has 1 aromatic rings. The average Bonchev–Trinajstić information content (AvgIpc) is 2.50. The summed E-state index contributed by atoms with van der Waals surface area (Å²) < 4.78 is 0. The smallest absolute Gasteiger partial charge is 0.244 e. The third kappa shape index (κ3) is 1.14. The van der Waals surface area contributed by atoms with Gasteiger partial charge in [-0.1, -0.05) is 18.2 Å². The van der Waals surface area contributed by atoms with Crippen LogP contribution in [0.3, 0.4) is 0 Å². The number of nitrogens with zero attached hydrogens (tertiary/aromatic N) is 1. The van der Waals surface area contributed by atoms with Crippen molar-refractivity contribution in [2.45, 2.75) is 26.2 Å². The average molecular weight is 217 g/mol. The molecule has 1 aliphatic heterocycles. The first-order valence-corrected chi connectivity index (χ1v) is 5.46.